The first-order valence-corrected chi connectivity index (χ1v) is 9.23. The van der Waals surface area contributed by atoms with Crippen molar-refractivity contribution in [1.82, 2.24) is 9.55 Å². The number of hydrogen-bond donors (Lipinski definition) is 1. The van der Waals surface area contributed by atoms with Gasteiger partial charge in [-0.2, -0.15) is 0 Å². The van der Waals surface area contributed by atoms with Crippen molar-refractivity contribution in [2.24, 2.45) is 5.92 Å². The molecule has 0 saturated heterocycles. The second-order valence-electron chi connectivity index (χ2n) is 6.59. The van der Waals surface area contributed by atoms with E-state index in [4.69, 9.17) is 4.74 Å². The lowest BCUT2D eigenvalue weighted by Gasteiger charge is -2.24. The lowest BCUT2D eigenvalue weighted by molar-refractivity contribution is 0.0906. The molecule has 26 heavy (non-hydrogen) atoms. The number of imidazole rings is 1. The second kappa shape index (κ2) is 9.20. The van der Waals surface area contributed by atoms with Crippen molar-refractivity contribution in [2.75, 3.05) is 0 Å². The van der Waals surface area contributed by atoms with Crippen molar-refractivity contribution in [1.29, 1.82) is 0 Å². The number of hydrogen-bond acceptors (Lipinski definition) is 3. The van der Waals surface area contributed by atoms with Gasteiger partial charge in [0.2, 0.25) is 0 Å². The summed E-state index contributed by atoms with van der Waals surface area (Å²) in [6, 6.07) is 17.4. The maximum Gasteiger partial charge on any atom is 0.127 e. The average molecular weight is 350 g/mol. The number of nitrogens with zero attached hydrogens (tertiary/aromatic N) is 2. The fourth-order valence-corrected chi connectivity index (χ4v) is 3.11. The Bertz CT molecular complexity index is 755. The Morgan fingerprint density at radius 2 is 1.77 bits per heavy atom. The molecule has 0 bridgehead atoms. The van der Waals surface area contributed by atoms with E-state index in [-0.39, 0.29) is 5.92 Å². The van der Waals surface area contributed by atoms with E-state index in [0.717, 1.165) is 42.9 Å². The number of para-hydroxylation sites is 1. The van der Waals surface area contributed by atoms with Gasteiger partial charge in [0, 0.05) is 24.9 Å². The highest BCUT2D eigenvalue weighted by Gasteiger charge is 2.21. The molecule has 1 heterocycles. The molecule has 1 N–H and O–H groups in total. The van der Waals surface area contributed by atoms with E-state index in [1.165, 1.54) is 0 Å². The molecule has 0 fully saturated rings. The zero-order chi connectivity index (χ0) is 18.2. The Morgan fingerprint density at radius 3 is 2.42 bits per heavy atom. The van der Waals surface area contributed by atoms with Gasteiger partial charge in [0.25, 0.3) is 0 Å². The van der Waals surface area contributed by atoms with Crippen LogP contribution >= 0.6 is 0 Å². The number of aliphatic hydroxyl groups excluding tert-OH is 1. The zero-order valence-corrected chi connectivity index (χ0v) is 15.2. The molecule has 0 aliphatic rings. The number of aliphatic hydroxyl groups is 1. The van der Waals surface area contributed by atoms with Crippen molar-refractivity contribution in [2.45, 2.75) is 38.8 Å². The second-order valence-corrected chi connectivity index (χ2v) is 6.59. The smallest absolute Gasteiger partial charge is 0.127 e. The Morgan fingerprint density at radius 1 is 1.04 bits per heavy atom. The summed E-state index contributed by atoms with van der Waals surface area (Å²) in [5, 5.41) is 10.9. The minimum atomic E-state index is -0.505. The summed E-state index contributed by atoms with van der Waals surface area (Å²) < 4.78 is 7.87. The number of benzene rings is 2. The predicted molar refractivity (Wildman–Crippen MR) is 103 cm³/mol. The van der Waals surface area contributed by atoms with Crippen molar-refractivity contribution >= 4 is 0 Å². The molecule has 2 aromatic carbocycles. The molecule has 3 rings (SSSR count). The molecular weight excluding hydrogens is 324 g/mol. The lowest BCUT2D eigenvalue weighted by atomic mass is 9.91. The highest BCUT2D eigenvalue weighted by Crippen LogP contribution is 2.30. The highest BCUT2D eigenvalue weighted by molar-refractivity contribution is 5.33. The van der Waals surface area contributed by atoms with E-state index in [1.54, 1.807) is 6.20 Å². The van der Waals surface area contributed by atoms with Crippen LogP contribution in [0, 0.1) is 5.92 Å². The normalized spacial score (nSPS) is 13.3. The molecule has 0 aliphatic carbocycles. The van der Waals surface area contributed by atoms with Crippen LogP contribution in [0.3, 0.4) is 0 Å². The van der Waals surface area contributed by atoms with Gasteiger partial charge in [-0.1, -0.05) is 50.1 Å². The van der Waals surface area contributed by atoms with Crippen LogP contribution in [0.5, 0.6) is 11.5 Å². The van der Waals surface area contributed by atoms with Crippen LogP contribution in [0.25, 0.3) is 0 Å². The SMILES string of the molecule is CCCCC(Cn1ccnc1)C(O)c1ccc(Oc2ccccc2)cc1. The summed E-state index contributed by atoms with van der Waals surface area (Å²) in [5.41, 5.74) is 0.923. The molecule has 0 spiro atoms. The van der Waals surface area contributed by atoms with E-state index in [1.807, 2.05) is 71.7 Å². The Hall–Kier alpha value is -2.59. The molecule has 2 atom stereocenters. The highest BCUT2D eigenvalue weighted by atomic mass is 16.5. The van der Waals surface area contributed by atoms with E-state index in [9.17, 15) is 5.11 Å². The van der Waals surface area contributed by atoms with Gasteiger partial charge in [0.1, 0.15) is 11.5 Å². The Kier molecular flexibility index (Phi) is 6.45. The van der Waals surface area contributed by atoms with Crippen LogP contribution in [0.15, 0.2) is 73.3 Å². The lowest BCUT2D eigenvalue weighted by Crippen LogP contribution is -2.18. The third-order valence-corrected chi connectivity index (χ3v) is 4.58. The van der Waals surface area contributed by atoms with Crippen molar-refractivity contribution < 1.29 is 9.84 Å². The van der Waals surface area contributed by atoms with Gasteiger partial charge in [0.15, 0.2) is 0 Å². The molecular formula is C22H26N2O2. The third kappa shape index (κ3) is 4.96. The van der Waals surface area contributed by atoms with E-state index in [0.29, 0.717) is 0 Å². The fraction of sp³-hybridized carbons (Fsp3) is 0.318. The molecule has 136 valence electrons. The molecule has 3 aromatic rings. The summed E-state index contributed by atoms with van der Waals surface area (Å²) in [5.74, 6) is 1.73. The monoisotopic (exact) mass is 350 g/mol. The molecule has 0 amide bonds. The number of ether oxygens (including phenoxy) is 1. The van der Waals surface area contributed by atoms with Crippen LogP contribution in [0.2, 0.25) is 0 Å². The summed E-state index contributed by atoms with van der Waals surface area (Å²) >= 11 is 0. The van der Waals surface area contributed by atoms with Gasteiger partial charge >= 0.3 is 0 Å². The summed E-state index contributed by atoms with van der Waals surface area (Å²) in [6.45, 7) is 2.94. The molecule has 0 aliphatic heterocycles. The minimum absolute atomic E-state index is 0.157. The van der Waals surface area contributed by atoms with E-state index >= 15 is 0 Å². The quantitative estimate of drug-likeness (QED) is 0.576. The predicted octanol–water partition coefficient (Wildman–Crippen LogP) is 5.22. The van der Waals surface area contributed by atoms with Crippen LogP contribution in [0.1, 0.15) is 37.9 Å². The van der Waals surface area contributed by atoms with Gasteiger partial charge in [-0.3, -0.25) is 0 Å². The van der Waals surface area contributed by atoms with E-state index in [2.05, 4.69) is 11.9 Å². The molecule has 0 radical (unpaired) electrons. The molecule has 4 nitrogen and oxygen atoms in total. The summed E-state index contributed by atoms with van der Waals surface area (Å²) in [7, 11) is 0. The number of aromatic nitrogens is 2. The summed E-state index contributed by atoms with van der Waals surface area (Å²) in [4.78, 5) is 4.10. The van der Waals surface area contributed by atoms with E-state index < -0.39 is 6.10 Å². The first-order chi connectivity index (χ1) is 12.8. The standard InChI is InChI=1S/C22H26N2O2/c1-2-3-7-19(16-24-15-14-23-17-24)22(25)18-10-12-21(13-11-18)26-20-8-5-4-6-9-20/h4-6,8-15,17,19,22,25H,2-3,7,16H2,1H3. The zero-order valence-electron chi connectivity index (χ0n) is 15.2. The Balaban J connectivity index is 1.68. The molecule has 0 saturated carbocycles. The fourth-order valence-electron chi connectivity index (χ4n) is 3.11. The van der Waals surface area contributed by atoms with Crippen LogP contribution in [-0.2, 0) is 6.54 Å². The van der Waals surface area contributed by atoms with Gasteiger partial charge in [-0.25, -0.2) is 4.98 Å². The largest absolute Gasteiger partial charge is 0.457 e. The van der Waals surface area contributed by atoms with Gasteiger partial charge in [-0.15, -0.1) is 0 Å². The maximum atomic E-state index is 10.9. The minimum Gasteiger partial charge on any atom is -0.457 e. The molecule has 2 unspecified atom stereocenters. The Labute approximate surface area is 155 Å². The van der Waals surface area contributed by atoms with Gasteiger partial charge in [-0.05, 0) is 36.2 Å². The van der Waals surface area contributed by atoms with Crippen molar-refractivity contribution in [3.63, 3.8) is 0 Å². The van der Waals surface area contributed by atoms with Crippen LogP contribution < -0.4 is 4.74 Å². The average Bonchev–Trinajstić information content (AvgIpc) is 3.19. The van der Waals surface area contributed by atoms with Crippen molar-refractivity contribution in [3.8, 4) is 11.5 Å². The van der Waals surface area contributed by atoms with Gasteiger partial charge < -0.3 is 14.4 Å². The summed E-state index contributed by atoms with van der Waals surface area (Å²) in [6.07, 6.45) is 8.24. The first-order valence-electron chi connectivity index (χ1n) is 9.23. The first kappa shape index (κ1) is 18.2. The third-order valence-electron chi connectivity index (χ3n) is 4.58. The number of unbranched alkanes of at least 4 members (excludes halogenated alkanes) is 1. The number of rotatable bonds is 9. The molecule has 1 aromatic heterocycles. The van der Waals surface area contributed by atoms with Crippen LogP contribution in [-0.4, -0.2) is 14.7 Å². The van der Waals surface area contributed by atoms with Crippen molar-refractivity contribution in [3.05, 3.63) is 78.9 Å². The maximum absolute atomic E-state index is 10.9. The van der Waals surface area contributed by atoms with Gasteiger partial charge in [0.05, 0.1) is 12.4 Å². The topological polar surface area (TPSA) is 47.3 Å². The molecule has 4 heteroatoms. The van der Waals surface area contributed by atoms with Crippen LogP contribution in [0.4, 0.5) is 0 Å².